The average Bonchev–Trinajstić information content (AvgIpc) is 2.94. The highest BCUT2D eigenvalue weighted by Crippen LogP contribution is 2.41. The van der Waals surface area contributed by atoms with Crippen molar-refractivity contribution in [1.82, 2.24) is 9.97 Å². The Morgan fingerprint density at radius 2 is 1.74 bits per heavy atom. The number of nitrogens with zero attached hydrogens (tertiary/aromatic N) is 3. The number of aromatic nitrogens is 2. The van der Waals surface area contributed by atoms with Crippen molar-refractivity contribution in [2.75, 3.05) is 17.6 Å². The fourth-order valence-corrected chi connectivity index (χ4v) is 6.41. The molecule has 0 amide bonds. The summed E-state index contributed by atoms with van der Waals surface area (Å²) >= 11 is 0. The Kier molecular flexibility index (Phi) is 10.4. The van der Waals surface area contributed by atoms with Crippen LogP contribution in [0.3, 0.4) is 0 Å². The molecule has 11 heteroatoms. The van der Waals surface area contributed by atoms with Crippen LogP contribution in [0.2, 0.25) is 0 Å². The highest BCUT2D eigenvalue weighted by atomic mass is 32.2. The van der Waals surface area contributed by atoms with Gasteiger partial charge in [0.1, 0.15) is 5.82 Å². The van der Waals surface area contributed by atoms with E-state index >= 15 is 0 Å². The molecule has 1 fully saturated rings. The first-order chi connectivity index (χ1) is 21.4. The van der Waals surface area contributed by atoms with Crippen LogP contribution < -0.4 is 4.31 Å². The molecule has 2 aromatic carbocycles. The minimum Gasteiger partial charge on any atom is -0.481 e. The van der Waals surface area contributed by atoms with Gasteiger partial charge >= 0.3 is 5.97 Å². The van der Waals surface area contributed by atoms with Crippen LogP contribution in [0.15, 0.2) is 60.7 Å². The van der Waals surface area contributed by atoms with Gasteiger partial charge in [0, 0.05) is 24.6 Å². The smallest absolute Gasteiger partial charge is 0.309 e. The number of hydrogen-bond donors (Lipinski definition) is 1. The summed E-state index contributed by atoms with van der Waals surface area (Å²) < 4.78 is 52.3. The minimum absolute atomic E-state index is 0.00358. The number of benzene rings is 2. The quantitative estimate of drug-likeness (QED) is 0.243. The maximum Gasteiger partial charge on any atom is 0.309 e. The molecule has 1 saturated heterocycles. The van der Waals surface area contributed by atoms with Gasteiger partial charge in [-0.05, 0) is 61.4 Å². The number of aliphatic carboxylic acids is 1. The van der Waals surface area contributed by atoms with Crippen molar-refractivity contribution in [2.24, 2.45) is 11.3 Å². The van der Waals surface area contributed by atoms with Gasteiger partial charge in [0.2, 0.25) is 16.0 Å². The summed E-state index contributed by atoms with van der Waals surface area (Å²) in [5.41, 5.74) is 2.61. The fraction of sp³-hybridized carbons (Fsp3) is 0.457. The summed E-state index contributed by atoms with van der Waals surface area (Å²) in [5.74, 6) is -3.40. The normalized spacial score (nSPS) is 19.3. The maximum atomic E-state index is 13.9. The molecule has 9 nitrogen and oxygen atoms in total. The predicted molar refractivity (Wildman–Crippen MR) is 177 cm³/mol. The van der Waals surface area contributed by atoms with E-state index in [4.69, 9.17) is 9.47 Å². The zero-order valence-electron chi connectivity index (χ0n) is 27.7. The van der Waals surface area contributed by atoms with E-state index in [1.807, 2.05) is 70.2 Å². The molecule has 0 saturated carbocycles. The van der Waals surface area contributed by atoms with Gasteiger partial charge < -0.3 is 14.6 Å². The molecule has 248 valence electrons. The number of halogens is 1. The minimum atomic E-state index is -3.66. The molecule has 3 atom stereocenters. The first-order valence-corrected chi connectivity index (χ1v) is 17.1. The third-order valence-electron chi connectivity index (χ3n) is 8.20. The second-order valence-electron chi connectivity index (χ2n) is 13.3. The lowest BCUT2D eigenvalue weighted by Crippen LogP contribution is -2.52. The molecule has 0 spiro atoms. The zero-order valence-corrected chi connectivity index (χ0v) is 28.5. The van der Waals surface area contributed by atoms with Crippen molar-refractivity contribution in [3.05, 3.63) is 83.3 Å². The number of carboxylic acids is 1. The van der Waals surface area contributed by atoms with Gasteiger partial charge in [-0.3, -0.25) is 4.79 Å². The monoisotopic (exact) mass is 653 g/mol. The van der Waals surface area contributed by atoms with Crippen LogP contribution in [0.4, 0.5) is 10.3 Å². The Balaban J connectivity index is 1.76. The van der Waals surface area contributed by atoms with Gasteiger partial charge in [-0.25, -0.2) is 27.1 Å². The third kappa shape index (κ3) is 8.37. The summed E-state index contributed by atoms with van der Waals surface area (Å²) in [5, 5.41) is 10.5. The molecule has 2 heterocycles. The summed E-state index contributed by atoms with van der Waals surface area (Å²) in [6.07, 6.45) is 4.40. The van der Waals surface area contributed by atoms with Crippen LogP contribution in [0, 0.1) is 17.2 Å². The van der Waals surface area contributed by atoms with Crippen molar-refractivity contribution in [1.29, 1.82) is 0 Å². The number of carboxylic acid groups (broad SMARTS) is 1. The van der Waals surface area contributed by atoms with Crippen LogP contribution in [0.1, 0.15) is 70.7 Å². The molecule has 1 N–H and O–H groups in total. The third-order valence-corrected chi connectivity index (χ3v) is 9.36. The fourth-order valence-electron chi connectivity index (χ4n) is 6.03. The van der Waals surface area contributed by atoms with Crippen molar-refractivity contribution in [2.45, 2.75) is 78.3 Å². The summed E-state index contributed by atoms with van der Waals surface area (Å²) in [6.45, 7) is 11.3. The molecule has 0 aliphatic carbocycles. The van der Waals surface area contributed by atoms with E-state index < -0.39 is 51.1 Å². The van der Waals surface area contributed by atoms with E-state index in [-0.39, 0.29) is 18.3 Å². The van der Waals surface area contributed by atoms with Crippen molar-refractivity contribution in [3.63, 3.8) is 0 Å². The van der Waals surface area contributed by atoms with Crippen LogP contribution in [0.5, 0.6) is 0 Å². The van der Waals surface area contributed by atoms with E-state index in [1.165, 1.54) is 19.2 Å². The van der Waals surface area contributed by atoms with Gasteiger partial charge in [-0.2, -0.15) is 0 Å². The molecule has 3 aromatic rings. The second kappa shape index (κ2) is 13.6. The Morgan fingerprint density at radius 1 is 1.11 bits per heavy atom. The Hall–Kier alpha value is -3.67. The highest BCUT2D eigenvalue weighted by Gasteiger charge is 2.47. The largest absolute Gasteiger partial charge is 0.481 e. The molecular formula is C35H44FN3O6S. The van der Waals surface area contributed by atoms with E-state index in [1.54, 1.807) is 26.0 Å². The molecule has 0 bridgehead atoms. The lowest BCUT2D eigenvalue weighted by atomic mass is 9.70. The van der Waals surface area contributed by atoms with Crippen LogP contribution in [0.25, 0.3) is 17.3 Å². The van der Waals surface area contributed by atoms with Gasteiger partial charge in [-0.1, -0.05) is 70.2 Å². The Bertz CT molecular complexity index is 1670. The summed E-state index contributed by atoms with van der Waals surface area (Å²) in [6, 6.07) is 15.6. The van der Waals surface area contributed by atoms with E-state index in [9.17, 15) is 22.7 Å². The maximum absolute atomic E-state index is 13.9. The van der Waals surface area contributed by atoms with Gasteiger partial charge in [0.25, 0.3) is 0 Å². The molecule has 1 aliphatic rings. The van der Waals surface area contributed by atoms with E-state index in [2.05, 4.69) is 9.97 Å². The first-order valence-electron chi connectivity index (χ1n) is 15.3. The van der Waals surface area contributed by atoms with Crippen LogP contribution in [-0.4, -0.2) is 60.8 Å². The van der Waals surface area contributed by atoms with Gasteiger partial charge in [0.05, 0.1) is 35.8 Å². The number of rotatable bonds is 11. The van der Waals surface area contributed by atoms with Crippen molar-refractivity contribution >= 4 is 28.0 Å². The van der Waals surface area contributed by atoms with Gasteiger partial charge in [0.15, 0.2) is 5.79 Å². The standard InChI is InChI=1S/C35H44FN3O6S/c1-22(2)30-27(31(24-14-16-25(36)17-15-24)38-33(37-30)39(7)46(8,42)43)19-18-26-20-28(45-35(5,6)44-26)29(32(40)41)34(3,4)21-23-12-10-9-11-13-23/h9-19,22,26,28-29H,20-21H2,1-8H3,(H,40,41)/t26-,28-,29?/m1/s1. The average molecular weight is 654 g/mol. The second-order valence-corrected chi connectivity index (χ2v) is 15.4. The molecule has 1 aromatic heterocycles. The summed E-state index contributed by atoms with van der Waals surface area (Å²) in [7, 11) is -2.28. The number of carbonyl (C=O) groups is 1. The molecule has 1 unspecified atom stereocenters. The molecule has 0 radical (unpaired) electrons. The van der Waals surface area contributed by atoms with Crippen LogP contribution >= 0.6 is 0 Å². The topological polar surface area (TPSA) is 119 Å². The van der Waals surface area contributed by atoms with Crippen LogP contribution in [-0.2, 0) is 30.7 Å². The SMILES string of the molecule is CC(C)c1nc(N(C)S(C)(=O)=O)nc(-c2ccc(F)cc2)c1C=C[C@@H]1C[C@H](C(C(=O)O)C(C)(C)Cc2ccccc2)OC(C)(C)O1. The number of anilines is 1. The Labute approximate surface area is 271 Å². The van der Waals surface area contributed by atoms with E-state index in [0.29, 0.717) is 28.9 Å². The lowest BCUT2D eigenvalue weighted by molar-refractivity contribution is -0.302. The predicted octanol–water partition coefficient (Wildman–Crippen LogP) is 6.70. The Morgan fingerprint density at radius 3 is 2.30 bits per heavy atom. The first kappa shape index (κ1) is 35.2. The zero-order chi connectivity index (χ0) is 34.0. The van der Waals surface area contributed by atoms with Gasteiger partial charge in [-0.15, -0.1) is 0 Å². The molecule has 1 aliphatic heterocycles. The number of ether oxygens (including phenoxy) is 2. The number of sulfonamides is 1. The highest BCUT2D eigenvalue weighted by molar-refractivity contribution is 7.92. The molecule has 4 rings (SSSR count). The van der Waals surface area contributed by atoms with Crippen molar-refractivity contribution < 1.29 is 32.2 Å². The number of hydrogen-bond acceptors (Lipinski definition) is 7. The lowest BCUT2D eigenvalue weighted by Gasteiger charge is -2.45. The van der Waals surface area contributed by atoms with E-state index in [0.717, 1.165) is 16.1 Å². The summed E-state index contributed by atoms with van der Waals surface area (Å²) in [4.78, 5) is 22.1. The molecule has 46 heavy (non-hydrogen) atoms. The van der Waals surface area contributed by atoms with Crippen molar-refractivity contribution in [3.8, 4) is 11.3 Å². The molecular weight excluding hydrogens is 609 g/mol.